The predicted molar refractivity (Wildman–Crippen MR) is 66.2 cm³/mol. The number of nitrogens with zero attached hydrogens (tertiary/aromatic N) is 3. The van der Waals surface area contributed by atoms with Gasteiger partial charge in [-0.3, -0.25) is 14.2 Å². The van der Waals surface area contributed by atoms with Crippen LogP contribution in [0.4, 0.5) is 5.82 Å². The fourth-order valence-electron chi connectivity index (χ4n) is 1.94. The van der Waals surface area contributed by atoms with Gasteiger partial charge in [-0.1, -0.05) is 0 Å². The molecule has 1 aromatic heterocycles. The van der Waals surface area contributed by atoms with Gasteiger partial charge >= 0.3 is 5.69 Å². The van der Waals surface area contributed by atoms with E-state index in [2.05, 4.69) is 10.3 Å². The van der Waals surface area contributed by atoms with E-state index in [1.165, 1.54) is 28.8 Å². The quantitative estimate of drug-likeness (QED) is 0.754. The summed E-state index contributed by atoms with van der Waals surface area (Å²) < 4.78 is 1.33. The van der Waals surface area contributed by atoms with Crippen molar-refractivity contribution >= 4 is 11.7 Å². The molecular weight excluding hydrogens is 252 g/mol. The maximum absolute atomic E-state index is 11.8. The molecule has 1 saturated heterocycles. The molecule has 19 heavy (non-hydrogen) atoms. The van der Waals surface area contributed by atoms with Crippen LogP contribution in [0.3, 0.4) is 0 Å². The van der Waals surface area contributed by atoms with Crippen LogP contribution in [0.25, 0.3) is 0 Å². The topological polar surface area (TPSA) is 96.7 Å². The number of amides is 1. The molecule has 8 heteroatoms. The number of carbonyl (C=O) groups excluding carboxylic acids is 1. The molecule has 1 aliphatic rings. The lowest BCUT2D eigenvalue weighted by Crippen LogP contribution is -2.28. The van der Waals surface area contributed by atoms with Crippen LogP contribution in [0.1, 0.15) is 19.6 Å². The lowest BCUT2D eigenvalue weighted by atomic mass is 10.2. The van der Waals surface area contributed by atoms with Crippen LogP contribution in [0.5, 0.6) is 0 Å². The Balaban J connectivity index is 2.18. The summed E-state index contributed by atoms with van der Waals surface area (Å²) in [6.45, 7) is 1.30. The van der Waals surface area contributed by atoms with Crippen LogP contribution in [0, 0.1) is 0 Å². The van der Waals surface area contributed by atoms with Gasteiger partial charge in [0.25, 0.3) is 0 Å². The molecule has 0 bridgehead atoms. The second kappa shape index (κ2) is 5.47. The first kappa shape index (κ1) is 13.7. The number of aliphatic hydroxyl groups excluding tert-OH is 1. The van der Waals surface area contributed by atoms with Crippen LogP contribution < -0.4 is 11.0 Å². The minimum absolute atomic E-state index is 0.0425. The van der Waals surface area contributed by atoms with Gasteiger partial charge < -0.3 is 10.4 Å². The molecule has 0 aromatic carbocycles. The fraction of sp³-hybridized carbons (Fsp3) is 0.545. The zero-order valence-corrected chi connectivity index (χ0v) is 10.7. The van der Waals surface area contributed by atoms with Crippen molar-refractivity contribution in [3.05, 3.63) is 22.7 Å². The molecule has 2 atom stereocenters. The van der Waals surface area contributed by atoms with Crippen molar-refractivity contribution < 1.29 is 14.7 Å². The van der Waals surface area contributed by atoms with Gasteiger partial charge in [0, 0.05) is 26.6 Å². The van der Waals surface area contributed by atoms with Gasteiger partial charge in [-0.05, 0) is 6.07 Å². The average molecular weight is 268 g/mol. The van der Waals surface area contributed by atoms with Gasteiger partial charge in [-0.2, -0.15) is 10.0 Å². The first-order valence-corrected chi connectivity index (χ1v) is 5.88. The number of hydrogen-bond acceptors (Lipinski definition) is 6. The van der Waals surface area contributed by atoms with Crippen LogP contribution in [-0.4, -0.2) is 45.3 Å². The van der Waals surface area contributed by atoms with E-state index in [4.69, 9.17) is 9.94 Å². The number of rotatable bonds is 3. The van der Waals surface area contributed by atoms with Crippen molar-refractivity contribution in [2.45, 2.75) is 25.6 Å². The normalized spacial score (nSPS) is 23.5. The largest absolute Gasteiger partial charge is 0.395 e. The summed E-state index contributed by atoms with van der Waals surface area (Å²) in [5.74, 6) is -0.0827. The summed E-state index contributed by atoms with van der Waals surface area (Å²) in [5, 5.41) is 13.1. The van der Waals surface area contributed by atoms with Crippen LogP contribution >= 0.6 is 0 Å². The molecule has 1 aromatic rings. The van der Waals surface area contributed by atoms with Gasteiger partial charge in [-0.25, -0.2) is 4.79 Å². The van der Waals surface area contributed by atoms with E-state index in [-0.39, 0.29) is 24.4 Å². The Morgan fingerprint density at radius 3 is 2.95 bits per heavy atom. The Kier molecular flexibility index (Phi) is 3.93. The summed E-state index contributed by atoms with van der Waals surface area (Å²) in [5.41, 5.74) is -0.511. The first-order chi connectivity index (χ1) is 9.01. The zero-order chi connectivity index (χ0) is 14.0. The summed E-state index contributed by atoms with van der Waals surface area (Å²) >= 11 is 0. The third-order valence-electron chi connectivity index (χ3n) is 2.93. The highest BCUT2D eigenvalue weighted by atomic mass is 16.7. The number of anilines is 1. The van der Waals surface area contributed by atoms with E-state index in [0.29, 0.717) is 6.42 Å². The minimum Gasteiger partial charge on any atom is -0.395 e. The minimum atomic E-state index is -0.511. The van der Waals surface area contributed by atoms with Gasteiger partial charge in [0.1, 0.15) is 5.82 Å². The monoisotopic (exact) mass is 268 g/mol. The Morgan fingerprint density at radius 1 is 1.68 bits per heavy atom. The summed E-state index contributed by atoms with van der Waals surface area (Å²) in [6.07, 6.45) is 1.51. The van der Waals surface area contributed by atoms with Crippen molar-refractivity contribution in [3.63, 3.8) is 0 Å². The summed E-state index contributed by atoms with van der Waals surface area (Å²) in [7, 11) is 1.70. The highest BCUT2D eigenvalue weighted by Gasteiger charge is 2.32. The number of aromatic nitrogens is 2. The maximum Gasteiger partial charge on any atom is 0.351 e. The highest BCUT2D eigenvalue weighted by Crippen LogP contribution is 2.26. The smallest absolute Gasteiger partial charge is 0.351 e. The highest BCUT2D eigenvalue weighted by molar-refractivity contribution is 5.87. The van der Waals surface area contributed by atoms with Gasteiger partial charge in [0.2, 0.25) is 5.91 Å². The molecule has 1 aliphatic heterocycles. The van der Waals surface area contributed by atoms with Crippen molar-refractivity contribution in [2.75, 3.05) is 19.0 Å². The number of likely N-dealkylation sites (N-methyl/N-ethyl adjacent to an activating group) is 1. The molecular formula is C11H16N4O4. The molecule has 0 spiro atoms. The zero-order valence-electron chi connectivity index (χ0n) is 10.7. The Hall–Kier alpha value is -1.77. The molecule has 104 valence electrons. The molecule has 0 aliphatic carbocycles. The predicted octanol–water partition coefficient (Wildman–Crippen LogP) is -0.672. The van der Waals surface area contributed by atoms with Crippen LogP contribution in [0.15, 0.2) is 17.1 Å². The second-order valence-corrected chi connectivity index (χ2v) is 4.36. The third kappa shape index (κ3) is 2.98. The lowest BCUT2D eigenvalue weighted by molar-refractivity contribution is -0.170. The number of hydrogen-bond donors (Lipinski definition) is 2. The molecule has 1 amide bonds. The number of hydroxylamine groups is 2. The average Bonchev–Trinajstić information content (AvgIpc) is 2.69. The third-order valence-corrected chi connectivity index (χ3v) is 2.93. The standard InChI is InChI=1S/C11H16N4O4/c1-7(17)12-9-3-4-15(11(18)13-9)10-5-8(6-16)14(2)19-10/h3-4,8,10,16H,5-6H2,1-2H3,(H,12,13,17,18)/t8-,10-/m1/s1. The Labute approximate surface area is 109 Å². The van der Waals surface area contributed by atoms with E-state index in [9.17, 15) is 9.59 Å². The fourth-order valence-corrected chi connectivity index (χ4v) is 1.94. The summed E-state index contributed by atoms with van der Waals surface area (Å²) in [6, 6.07) is 1.38. The van der Waals surface area contributed by atoms with Crippen LogP contribution in [0.2, 0.25) is 0 Å². The Morgan fingerprint density at radius 2 is 2.42 bits per heavy atom. The number of nitrogens with one attached hydrogen (secondary N) is 1. The molecule has 0 unspecified atom stereocenters. The molecule has 2 rings (SSSR count). The van der Waals surface area contributed by atoms with Crippen molar-refractivity contribution in [1.82, 2.24) is 14.6 Å². The van der Waals surface area contributed by atoms with Crippen molar-refractivity contribution in [1.29, 1.82) is 0 Å². The molecule has 8 nitrogen and oxygen atoms in total. The van der Waals surface area contributed by atoms with Crippen molar-refractivity contribution in [3.8, 4) is 0 Å². The van der Waals surface area contributed by atoms with Gasteiger partial charge in [0.15, 0.2) is 6.23 Å². The van der Waals surface area contributed by atoms with Gasteiger partial charge in [-0.15, -0.1) is 0 Å². The van der Waals surface area contributed by atoms with Crippen molar-refractivity contribution in [2.24, 2.45) is 0 Å². The molecule has 1 fully saturated rings. The van der Waals surface area contributed by atoms with Gasteiger partial charge in [0.05, 0.1) is 12.6 Å². The van der Waals surface area contributed by atoms with E-state index >= 15 is 0 Å². The molecule has 0 saturated carbocycles. The number of carbonyl (C=O) groups is 1. The van der Waals surface area contributed by atoms with E-state index in [0.717, 1.165) is 0 Å². The van der Waals surface area contributed by atoms with E-state index in [1.807, 2.05) is 0 Å². The Bertz CT molecular complexity index is 530. The van der Waals surface area contributed by atoms with Crippen LogP contribution in [-0.2, 0) is 9.63 Å². The second-order valence-electron chi connectivity index (χ2n) is 4.36. The molecule has 0 radical (unpaired) electrons. The molecule has 2 heterocycles. The summed E-state index contributed by atoms with van der Waals surface area (Å²) in [4.78, 5) is 31.9. The maximum atomic E-state index is 11.8. The first-order valence-electron chi connectivity index (χ1n) is 5.88. The van der Waals surface area contributed by atoms with E-state index < -0.39 is 11.9 Å². The van der Waals surface area contributed by atoms with E-state index in [1.54, 1.807) is 7.05 Å². The SMILES string of the molecule is CC(=O)Nc1ccn([C@H]2C[C@H](CO)N(C)O2)c(=O)n1. The lowest BCUT2D eigenvalue weighted by Gasteiger charge is -2.15. The number of aliphatic hydroxyl groups is 1. The molecule has 2 N–H and O–H groups in total.